The van der Waals surface area contributed by atoms with Crippen LogP contribution in [-0.2, 0) is 0 Å². The Kier molecular flexibility index (Phi) is 5.54. The van der Waals surface area contributed by atoms with Gasteiger partial charge < -0.3 is 10.5 Å². The fourth-order valence-electron chi connectivity index (χ4n) is 1.64. The van der Waals surface area contributed by atoms with Crippen molar-refractivity contribution in [3.05, 3.63) is 29.3 Å². The van der Waals surface area contributed by atoms with Gasteiger partial charge in [-0.2, -0.15) is 11.8 Å². The third-order valence-electron chi connectivity index (χ3n) is 2.54. The Balaban J connectivity index is 2.58. The number of nitrogens with two attached hydrogens (primary N) is 1. The van der Waals surface area contributed by atoms with E-state index in [4.69, 9.17) is 10.5 Å². The van der Waals surface area contributed by atoms with Crippen LogP contribution in [-0.4, -0.2) is 17.1 Å². The molecule has 2 nitrogen and oxygen atoms in total. The van der Waals surface area contributed by atoms with Gasteiger partial charge in [0.2, 0.25) is 0 Å². The van der Waals surface area contributed by atoms with E-state index in [0.29, 0.717) is 4.75 Å². The average molecular weight is 267 g/mol. The maximum atomic E-state index is 5.95. The third-order valence-corrected chi connectivity index (χ3v) is 3.77. The van der Waals surface area contributed by atoms with Crippen molar-refractivity contribution < 1.29 is 4.74 Å². The molecular weight excluding hydrogens is 242 g/mol. The van der Waals surface area contributed by atoms with Gasteiger partial charge in [-0.05, 0) is 25.5 Å². The average Bonchev–Trinajstić information content (AvgIpc) is 2.22. The van der Waals surface area contributed by atoms with E-state index in [0.717, 1.165) is 23.7 Å². The van der Waals surface area contributed by atoms with Crippen molar-refractivity contribution in [2.75, 3.05) is 12.4 Å². The van der Waals surface area contributed by atoms with Crippen LogP contribution in [0.3, 0.4) is 0 Å². The fourth-order valence-corrected chi connectivity index (χ4v) is 2.42. The molecule has 0 spiro atoms. The molecule has 0 fully saturated rings. The second-order valence-corrected chi connectivity index (χ2v) is 7.56. The molecular formula is C15H25NOS. The molecule has 0 unspecified atom stereocenters. The minimum Gasteiger partial charge on any atom is -0.492 e. The summed E-state index contributed by atoms with van der Waals surface area (Å²) >= 11 is 1.92. The highest BCUT2D eigenvalue weighted by Gasteiger charge is 2.11. The standard InChI is InChI=1S/C15H25NOS/c1-11-6-7-13(12(2)16)14(10-11)17-8-9-18-15(3,4)5/h6-7,10,12H,8-9,16H2,1-5H3/t12-/m0/s1. The minimum atomic E-state index is 0.0101. The molecule has 2 N–H and O–H groups in total. The first-order valence-electron chi connectivity index (χ1n) is 6.42. The Morgan fingerprint density at radius 1 is 1.33 bits per heavy atom. The molecule has 3 heteroatoms. The van der Waals surface area contributed by atoms with Crippen LogP contribution in [0.2, 0.25) is 0 Å². The van der Waals surface area contributed by atoms with Crippen molar-refractivity contribution in [3.63, 3.8) is 0 Å². The Hall–Kier alpha value is -0.670. The first-order chi connectivity index (χ1) is 8.29. The molecule has 0 radical (unpaired) electrons. The van der Waals surface area contributed by atoms with E-state index < -0.39 is 0 Å². The van der Waals surface area contributed by atoms with Gasteiger partial charge in [0.1, 0.15) is 5.75 Å². The van der Waals surface area contributed by atoms with Crippen LogP contribution in [0.15, 0.2) is 18.2 Å². The summed E-state index contributed by atoms with van der Waals surface area (Å²) in [5, 5.41) is 0. The summed E-state index contributed by atoms with van der Waals surface area (Å²) in [6.07, 6.45) is 0. The zero-order valence-electron chi connectivity index (χ0n) is 12.1. The molecule has 0 aromatic heterocycles. The Labute approximate surface area is 115 Å². The van der Waals surface area contributed by atoms with Crippen LogP contribution >= 0.6 is 11.8 Å². The normalized spacial score (nSPS) is 13.4. The second-order valence-electron chi connectivity index (χ2n) is 5.64. The van der Waals surface area contributed by atoms with Gasteiger partial charge in [0.15, 0.2) is 0 Å². The lowest BCUT2D eigenvalue weighted by atomic mass is 10.1. The van der Waals surface area contributed by atoms with Crippen LogP contribution in [0.5, 0.6) is 5.75 Å². The molecule has 102 valence electrons. The Morgan fingerprint density at radius 2 is 2.00 bits per heavy atom. The van der Waals surface area contributed by atoms with Crippen molar-refractivity contribution >= 4 is 11.8 Å². The highest BCUT2D eigenvalue weighted by Crippen LogP contribution is 2.26. The number of ether oxygens (including phenoxy) is 1. The lowest BCUT2D eigenvalue weighted by Crippen LogP contribution is -2.13. The molecule has 1 aromatic carbocycles. The van der Waals surface area contributed by atoms with E-state index in [9.17, 15) is 0 Å². The molecule has 0 aliphatic carbocycles. The van der Waals surface area contributed by atoms with Crippen LogP contribution in [0.25, 0.3) is 0 Å². The predicted molar refractivity (Wildman–Crippen MR) is 81.5 cm³/mol. The van der Waals surface area contributed by atoms with Crippen molar-refractivity contribution in [1.29, 1.82) is 0 Å². The summed E-state index contributed by atoms with van der Waals surface area (Å²) in [7, 11) is 0. The lowest BCUT2D eigenvalue weighted by molar-refractivity contribution is 0.338. The molecule has 0 amide bonds. The van der Waals surface area contributed by atoms with E-state index in [1.165, 1.54) is 5.56 Å². The van der Waals surface area contributed by atoms with Gasteiger partial charge in [0.25, 0.3) is 0 Å². The number of rotatable bonds is 5. The van der Waals surface area contributed by atoms with Gasteiger partial charge in [0.05, 0.1) is 6.61 Å². The quantitative estimate of drug-likeness (QED) is 0.821. The van der Waals surface area contributed by atoms with Gasteiger partial charge in [-0.15, -0.1) is 0 Å². The summed E-state index contributed by atoms with van der Waals surface area (Å²) in [4.78, 5) is 0. The molecule has 0 aliphatic rings. The predicted octanol–water partition coefficient (Wildman–Crippen LogP) is 3.93. The van der Waals surface area contributed by atoms with E-state index in [1.54, 1.807) is 0 Å². The molecule has 1 rings (SSSR count). The first-order valence-corrected chi connectivity index (χ1v) is 7.41. The third kappa shape index (κ3) is 5.32. The molecule has 1 aromatic rings. The first kappa shape index (κ1) is 15.4. The number of thioether (sulfide) groups is 1. The van der Waals surface area contributed by atoms with Crippen molar-refractivity contribution in [3.8, 4) is 5.75 Å². The van der Waals surface area contributed by atoms with Gasteiger partial charge >= 0.3 is 0 Å². The van der Waals surface area contributed by atoms with Gasteiger partial charge in [-0.1, -0.05) is 32.9 Å². The van der Waals surface area contributed by atoms with Crippen molar-refractivity contribution in [2.24, 2.45) is 5.73 Å². The maximum Gasteiger partial charge on any atom is 0.124 e. The topological polar surface area (TPSA) is 35.2 Å². The van der Waals surface area contributed by atoms with E-state index in [1.807, 2.05) is 18.7 Å². The SMILES string of the molecule is Cc1ccc([C@H](C)N)c(OCCSC(C)(C)C)c1. The van der Waals surface area contributed by atoms with Gasteiger partial charge in [0, 0.05) is 22.1 Å². The number of benzene rings is 1. The fraction of sp³-hybridized carbons (Fsp3) is 0.600. The smallest absolute Gasteiger partial charge is 0.124 e. The summed E-state index contributed by atoms with van der Waals surface area (Å²) < 4.78 is 6.17. The largest absolute Gasteiger partial charge is 0.492 e. The molecule has 0 saturated carbocycles. The van der Waals surface area contributed by atoms with Crippen LogP contribution < -0.4 is 10.5 Å². The van der Waals surface area contributed by atoms with Crippen molar-refractivity contribution in [1.82, 2.24) is 0 Å². The number of aryl methyl sites for hydroxylation is 1. The van der Waals surface area contributed by atoms with Crippen LogP contribution in [0.1, 0.15) is 44.9 Å². The molecule has 0 bridgehead atoms. The lowest BCUT2D eigenvalue weighted by Gasteiger charge is -2.19. The second kappa shape index (κ2) is 6.48. The van der Waals surface area contributed by atoms with E-state index in [2.05, 4.69) is 45.9 Å². The van der Waals surface area contributed by atoms with Crippen LogP contribution in [0.4, 0.5) is 0 Å². The highest BCUT2D eigenvalue weighted by molar-refractivity contribution is 8.00. The number of hydrogen-bond acceptors (Lipinski definition) is 3. The van der Waals surface area contributed by atoms with Crippen molar-refractivity contribution in [2.45, 2.75) is 45.4 Å². The summed E-state index contributed by atoms with van der Waals surface area (Å²) in [5.41, 5.74) is 8.24. The van der Waals surface area contributed by atoms with E-state index >= 15 is 0 Å². The zero-order valence-corrected chi connectivity index (χ0v) is 12.9. The molecule has 0 saturated heterocycles. The molecule has 0 aliphatic heterocycles. The number of hydrogen-bond donors (Lipinski definition) is 1. The Morgan fingerprint density at radius 3 is 2.56 bits per heavy atom. The monoisotopic (exact) mass is 267 g/mol. The maximum absolute atomic E-state index is 5.95. The molecule has 18 heavy (non-hydrogen) atoms. The molecule has 0 heterocycles. The highest BCUT2D eigenvalue weighted by atomic mass is 32.2. The Bertz CT molecular complexity index is 383. The van der Waals surface area contributed by atoms with Gasteiger partial charge in [-0.3, -0.25) is 0 Å². The van der Waals surface area contributed by atoms with Gasteiger partial charge in [-0.25, -0.2) is 0 Å². The van der Waals surface area contributed by atoms with E-state index in [-0.39, 0.29) is 6.04 Å². The summed E-state index contributed by atoms with van der Waals surface area (Å²) in [5.74, 6) is 1.93. The summed E-state index contributed by atoms with van der Waals surface area (Å²) in [6.45, 7) is 11.4. The summed E-state index contributed by atoms with van der Waals surface area (Å²) in [6, 6.07) is 6.22. The minimum absolute atomic E-state index is 0.0101. The zero-order chi connectivity index (χ0) is 13.8. The molecule has 1 atom stereocenters. The van der Waals surface area contributed by atoms with Crippen LogP contribution in [0, 0.1) is 6.92 Å².